The number of aliphatic hydroxyl groups is 2. The minimum atomic E-state index is -5.56. The summed E-state index contributed by atoms with van der Waals surface area (Å²) < 4.78 is 62.0. The number of nitrogens with two attached hydrogens (primary N) is 1. The first-order valence-corrected chi connectivity index (χ1v) is 21.5. The Kier molecular flexibility index (Phi) is 16.3. The third kappa shape index (κ3) is 13.4. The molecule has 0 bridgehead atoms. The van der Waals surface area contributed by atoms with E-state index in [1.807, 2.05) is 13.8 Å². The number of aliphatic hydroxyl groups excluding tert-OH is 2. The maximum atomic E-state index is 12.7. The number of aromatic nitrogens is 4. The number of nitrogens with one attached hydrogen (secondary N) is 2. The van der Waals surface area contributed by atoms with Crippen LogP contribution in [0.2, 0.25) is 0 Å². The van der Waals surface area contributed by atoms with Gasteiger partial charge in [0.15, 0.2) is 22.8 Å². The smallest absolute Gasteiger partial charge is 0.386 e. The maximum Gasteiger partial charge on any atom is 0.481 e. The highest BCUT2D eigenvalue weighted by atomic mass is 32.2. The fraction of sp³-hybridized carbons (Fsp3) is 0.692. The van der Waals surface area contributed by atoms with E-state index in [-0.39, 0.29) is 47.5 Å². The summed E-state index contributed by atoms with van der Waals surface area (Å²) in [5, 5.41) is 26.3. The molecule has 1 aliphatic rings. The van der Waals surface area contributed by atoms with Gasteiger partial charge in [-0.2, -0.15) is 4.31 Å². The van der Waals surface area contributed by atoms with Gasteiger partial charge in [-0.25, -0.2) is 28.6 Å². The molecule has 2 aromatic heterocycles. The number of carbonyl (C=O) groups is 3. The SMILES string of the molecule is CCC(C)C(=O)SCCNC(=O)CCNC(=O)C(O)C(C)(C)COP(=O)(O)OP(=O)(O)OC[C@H]1O[C@@H](n2cnc3c(N)ncnc32)[C@H](O)[C@@H]1OP(=O)(O)O. The van der Waals surface area contributed by atoms with Crippen LogP contribution in [0.5, 0.6) is 0 Å². The number of phosphoric acid groups is 3. The van der Waals surface area contributed by atoms with Crippen molar-refractivity contribution in [1.82, 2.24) is 30.2 Å². The molecule has 2 aromatic rings. The average Bonchev–Trinajstić information content (AvgIpc) is 3.64. The zero-order valence-corrected chi connectivity index (χ0v) is 32.9. The van der Waals surface area contributed by atoms with E-state index in [1.165, 1.54) is 13.8 Å². The molecule has 1 saturated heterocycles. The van der Waals surface area contributed by atoms with Crippen LogP contribution in [0.15, 0.2) is 12.7 Å². The number of carbonyl (C=O) groups excluding carboxylic acids is 3. The molecule has 0 radical (unpaired) electrons. The molecule has 8 atom stereocenters. The van der Waals surface area contributed by atoms with Gasteiger partial charge in [0.2, 0.25) is 11.8 Å². The zero-order chi connectivity index (χ0) is 40.6. The van der Waals surface area contributed by atoms with Gasteiger partial charge in [-0.3, -0.25) is 32.5 Å². The number of anilines is 1. The lowest BCUT2D eigenvalue weighted by molar-refractivity contribution is -0.137. The van der Waals surface area contributed by atoms with E-state index in [0.29, 0.717) is 12.2 Å². The molecule has 0 spiro atoms. The Morgan fingerprint density at radius 1 is 1.07 bits per heavy atom. The highest BCUT2D eigenvalue weighted by molar-refractivity contribution is 8.13. The van der Waals surface area contributed by atoms with Crippen molar-refractivity contribution in [3.05, 3.63) is 12.7 Å². The van der Waals surface area contributed by atoms with Crippen LogP contribution >= 0.6 is 35.2 Å². The normalized spacial score (nSPS) is 22.6. The van der Waals surface area contributed by atoms with Gasteiger partial charge in [0, 0.05) is 36.6 Å². The maximum absolute atomic E-state index is 12.7. The van der Waals surface area contributed by atoms with Crippen molar-refractivity contribution in [2.45, 2.75) is 71.2 Å². The Bertz CT molecular complexity index is 1780. The molecule has 3 rings (SSSR count). The second kappa shape index (κ2) is 19.1. The number of hydrogen-bond donors (Lipinski definition) is 9. The molecule has 0 saturated carbocycles. The highest BCUT2D eigenvalue weighted by Crippen LogP contribution is 2.61. The molecule has 1 fully saturated rings. The van der Waals surface area contributed by atoms with Crippen molar-refractivity contribution in [3.8, 4) is 0 Å². The fourth-order valence-corrected chi connectivity index (χ4v) is 8.28. The van der Waals surface area contributed by atoms with Crippen molar-refractivity contribution >= 4 is 69.1 Å². The quantitative estimate of drug-likeness (QED) is 0.0575. The molecule has 10 N–H and O–H groups in total. The number of ether oxygens (including phenoxy) is 1. The molecule has 306 valence electrons. The van der Waals surface area contributed by atoms with Gasteiger partial charge in [0.1, 0.15) is 36.3 Å². The van der Waals surface area contributed by atoms with Gasteiger partial charge in [0.25, 0.3) is 0 Å². The van der Waals surface area contributed by atoms with Gasteiger partial charge in [0.05, 0.1) is 19.5 Å². The van der Waals surface area contributed by atoms with Gasteiger partial charge in [-0.15, -0.1) is 0 Å². The summed E-state index contributed by atoms with van der Waals surface area (Å²) in [6.07, 6.45) is -6.18. The third-order valence-corrected chi connectivity index (χ3v) is 12.0. The van der Waals surface area contributed by atoms with E-state index in [1.54, 1.807) is 0 Å². The van der Waals surface area contributed by atoms with Crippen LogP contribution in [0.3, 0.4) is 0 Å². The standard InChI is InChI=1S/C26H44N7O17P3S/c1-5-14(2)25(38)54-9-8-28-16(34)6-7-29-23(37)20(36)26(3,4)11-47-53(44,45)50-52(42,43)46-10-15-19(49-51(39,40)41)18(35)24(48-15)33-13-32-17-21(27)30-12-31-22(17)33/h12-15,18-20,24,35-36H,5-11H2,1-4H3,(H,28,34)(H,29,37)(H,42,43)(H,44,45)(H2,27,30,31)(H2,39,40,41)/t14?,15-,18-,19-,20?,24-/m1/s1. The molecular formula is C26H44N7O17P3S. The molecular weight excluding hydrogens is 807 g/mol. The van der Waals surface area contributed by atoms with E-state index in [9.17, 15) is 57.9 Å². The highest BCUT2D eigenvalue weighted by Gasteiger charge is 2.50. The minimum absolute atomic E-state index is 0.0173. The van der Waals surface area contributed by atoms with E-state index < -0.39 is 84.6 Å². The van der Waals surface area contributed by atoms with Gasteiger partial charge in [-0.1, -0.05) is 39.5 Å². The van der Waals surface area contributed by atoms with Crippen LogP contribution in [-0.4, -0.2) is 123 Å². The van der Waals surface area contributed by atoms with Gasteiger partial charge < -0.3 is 50.9 Å². The van der Waals surface area contributed by atoms with E-state index >= 15 is 0 Å². The minimum Gasteiger partial charge on any atom is -0.386 e. The van der Waals surface area contributed by atoms with E-state index in [0.717, 1.165) is 29.0 Å². The summed E-state index contributed by atoms with van der Waals surface area (Å²) in [5.41, 5.74) is 4.27. The summed E-state index contributed by atoms with van der Waals surface area (Å²) >= 11 is 1.10. The first-order valence-electron chi connectivity index (χ1n) is 16.0. The Balaban J connectivity index is 1.51. The number of nitrogens with zero attached hydrogens (tertiary/aromatic N) is 4. The van der Waals surface area contributed by atoms with Gasteiger partial charge >= 0.3 is 23.5 Å². The molecule has 2 amide bonds. The molecule has 4 unspecified atom stereocenters. The van der Waals surface area contributed by atoms with Gasteiger partial charge in [-0.05, 0) is 6.42 Å². The van der Waals surface area contributed by atoms with Crippen LogP contribution in [0.25, 0.3) is 11.2 Å². The lowest BCUT2D eigenvalue weighted by atomic mass is 9.87. The number of phosphoric ester groups is 3. The monoisotopic (exact) mass is 851 g/mol. The van der Waals surface area contributed by atoms with Crippen LogP contribution in [-0.2, 0) is 50.7 Å². The van der Waals surface area contributed by atoms with Crippen molar-refractivity contribution in [2.75, 3.05) is 37.8 Å². The van der Waals surface area contributed by atoms with Crippen molar-refractivity contribution in [2.24, 2.45) is 11.3 Å². The number of thioether (sulfide) groups is 1. The van der Waals surface area contributed by atoms with E-state index in [4.69, 9.17) is 19.5 Å². The molecule has 28 heteroatoms. The molecule has 0 aromatic carbocycles. The second-order valence-electron chi connectivity index (χ2n) is 12.5. The number of imidazole rings is 1. The van der Waals surface area contributed by atoms with E-state index in [2.05, 4.69) is 34.4 Å². The Morgan fingerprint density at radius 2 is 1.74 bits per heavy atom. The molecule has 54 heavy (non-hydrogen) atoms. The largest absolute Gasteiger partial charge is 0.481 e. The number of fused-ring (bicyclic) bond motifs is 1. The van der Waals surface area contributed by atoms with Crippen molar-refractivity contribution in [3.63, 3.8) is 0 Å². The summed E-state index contributed by atoms with van der Waals surface area (Å²) in [4.78, 5) is 87.3. The Labute approximate surface area is 312 Å². The Hall–Kier alpha value is -2.44. The lowest BCUT2D eigenvalue weighted by Gasteiger charge is -2.30. The summed E-state index contributed by atoms with van der Waals surface area (Å²) in [5.74, 6) is -1.16. The predicted molar refractivity (Wildman–Crippen MR) is 187 cm³/mol. The predicted octanol–water partition coefficient (Wildman–Crippen LogP) is -0.289. The van der Waals surface area contributed by atoms with Crippen LogP contribution < -0.4 is 16.4 Å². The van der Waals surface area contributed by atoms with Crippen molar-refractivity contribution in [1.29, 1.82) is 0 Å². The number of nitrogen functional groups attached to an aromatic ring is 1. The molecule has 1 aliphatic heterocycles. The second-order valence-corrected chi connectivity index (χ2v) is 17.9. The van der Waals surface area contributed by atoms with Crippen LogP contribution in [0, 0.1) is 11.3 Å². The summed E-state index contributed by atoms with van der Waals surface area (Å²) in [7, 11) is -16.4. The topological polar surface area (TPSA) is 364 Å². The average molecular weight is 852 g/mol. The van der Waals surface area contributed by atoms with Crippen molar-refractivity contribution < 1.29 is 80.5 Å². The first-order chi connectivity index (χ1) is 25.0. The summed E-state index contributed by atoms with van der Waals surface area (Å²) in [6, 6.07) is 0. The molecule has 24 nitrogen and oxygen atoms in total. The first kappa shape index (κ1) is 45.9. The number of hydrogen-bond acceptors (Lipinski definition) is 18. The molecule has 0 aliphatic carbocycles. The lowest BCUT2D eigenvalue weighted by Crippen LogP contribution is -2.46. The number of amides is 2. The summed E-state index contributed by atoms with van der Waals surface area (Å²) in [6.45, 7) is 4.23. The van der Waals surface area contributed by atoms with Crippen LogP contribution in [0.4, 0.5) is 5.82 Å². The fourth-order valence-electron chi connectivity index (χ4n) is 4.59. The zero-order valence-electron chi connectivity index (χ0n) is 29.4. The Morgan fingerprint density at radius 3 is 2.39 bits per heavy atom. The molecule has 3 heterocycles. The third-order valence-electron chi connectivity index (χ3n) is 7.76. The number of rotatable bonds is 21. The van der Waals surface area contributed by atoms with Crippen LogP contribution in [0.1, 0.15) is 46.8 Å².